The summed E-state index contributed by atoms with van der Waals surface area (Å²) in [7, 11) is 3.48. The highest BCUT2D eigenvalue weighted by atomic mass is 32.1. The van der Waals surface area contributed by atoms with E-state index in [1.807, 2.05) is 11.4 Å². The van der Waals surface area contributed by atoms with E-state index < -0.39 is 0 Å². The van der Waals surface area contributed by atoms with Crippen LogP contribution in [0.2, 0.25) is 0 Å². The fraction of sp³-hybridized carbons (Fsp3) is 0.375. The van der Waals surface area contributed by atoms with Crippen LogP contribution >= 0.6 is 11.3 Å². The van der Waals surface area contributed by atoms with E-state index in [-0.39, 0.29) is 5.91 Å². The molecule has 2 N–H and O–H groups in total. The number of rotatable bonds is 2. The predicted molar refractivity (Wildman–Crippen MR) is 50.2 cm³/mol. The lowest BCUT2D eigenvalue weighted by Crippen LogP contribution is -2.20. The smallest absolute Gasteiger partial charge is 0.263 e. The first-order valence-electron chi connectivity index (χ1n) is 3.64. The highest BCUT2D eigenvalue weighted by molar-refractivity contribution is 7.12. The van der Waals surface area contributed by atoms with Crippen molar-refractivity contribution < 1.29 is 4.79 Å². The predicted octanol–water partition coefficient (Wildman–Crippen LogP) is 0.909. The second kappa shape index (κ2) is 3.69. The van der Waals surface area contributed by atoms with Gasteiger partial charge in [0, 0.05) is 20.6 Å². The minimum Gasteiger partial charge on any atom is -0.344 e. The van der Waals surface area contributed by atoms with Crippen LogP contribution in [0.15, 0.2) is 11.4 Å². The molecule has 0 radical (unpaired) electrons. The third-order valence-corrected chi connectivity index (χ3v) is 2.47. The Hall–Kier alpha value is -0.870. The van der Waals surface area contributed by atoms with Crippen LogP contribution < -0.4 is 5.73 Å². The summed E-state index contributed by atoms with van der Waals surface area (Å²) in [5.41, 5.74) is 6.44. The topological polar surface area (TPSA) is 46.3 Å². The molecule has 1 amide bonds. The second-order valence-corrected chi connectivity index (χ2v) is 3.63. The van der Waals surface area contributed by atoms with Gasteiger partial charge in [-0.2, -0.15) is 0 Å². The van der Waals surface area contributed by atoms with Crippen molar-refractivity contribution in [2.24, 2.45) is 5.73 Å². The Balaban J connectivity index is 2.82. The van der Waals surface area contributed by atoms with Crippen molar-refractivity contribution in [2.75, 3.05) is 14.1 Å². The quantitative estimate of drug-likeness (QED) is 0.742. The normalized spacial score (nSPS) is 9.92. The maximum atomic E-state index is 11.4. The van der Waals surface area contributed by atoms with Gasteiger partial charge in [-0.15, -0.1) is 11.3 Å². The van der Waals surface area contributed by atoms with Crippen LogP contribution in [0.4, 0.5) is 0 Å². The first kappa shape index (κ1) is 9.22. The number of carbonyl (C=O) groups excluding carboxylic acids is 1. The van der Waals surface area contributed by atoms with Crippen LogP contribution in [0.1, 0.15) is 15.2 Å². The van der Waals surface area contributed by atoms with Gasteiger partial charge in [0.2, 0.25) is 0 Å². The summed E-state index contributed by atoms with van der Waals surface area (Å²) in [5, 5.41) is 1.91. The van der Waals surface area contributed by atoms with Crippen molar-refractivity contribution >= 4 is 17.2 Å². The number of nitrogens with two attached hydrogens (primary N) is 1. The molecule has 0 saturated carbocycles. The zero-order valence-corrected chi connectivity index (χ0v) is 8.02. The third kappa shape index (κ3) is 1.84. The molecule has 4 heteroatoms. The molecule has 1 rings (SSSR count). The second-order valence-electron chi connectivity index (χ2n) is 2.72. The number of amides is 1. The van der Waals surface area contributed by atoms with Crippen molar-refractivity contribution in [1.29, 1.82) is 0 Å². The summed E-state index contributed by atoms with van der Waals surface area (Å²) in [6, 6.07) is 1.84. The molecule has 66 valence electrons. The summed E-state index contributed by atoms with van der Waals surface area (Å²) in [4.78, 5) is 13.7. The zero-order valence-electron chi connectivity index (χ0n) is 7.20. The molecular weight excluding hydrogens is 172 g/mol. The molecule has 1 heterocycles. The van der Waals surface area contributed by atoms with Crippen LogP contribution in [0.3, 0.4) is 0 Å². The molecule has 0 fully saturated rings. The Kier molecular flexibility index (Phi) is 2.83. The van der Waals surface area contributed by atoms with Crippen LogP contribution in [0.5, 0.6) is 0 Å². The van der Waals surface area contributed by atoms with Gasteiger partial charge < -0.3 is 10.6 Å². The summed E-state index contributed by atoms with van der Waals surface area (Å²) in [6.07, 6.45) is 0. The number of hydrogen-bond donors (Lipinski definition) is 1. The van der Waals surface area contributed by atoms with Crippen LogP contribution in [0, 0.1) is 0 Å². The van der Waals surface area contributed by atoms with Gasteiger partial charge in [0.15, 0.2) is 0 Å². The molecular formula is C8H12N2OS. The van der Waals surface area contributed by atoms with Crippen LogP contribution in [0.25, 0.3) is 0 Å². The Morgan fingerprint density at radius 1 is 1.67 bits per heavy atom. The van der Waals surface area contributed by atoms with Crippen molar-refractivity contribution in [2.45, 2.75) is 6.54 Å². The molecule has 0 aliphatic carbocycles. The summed E-state index contributed by atoms with van der Waals surface area (Å²) in [5.74, 6) is 0.0414. The van der Waals surface area contributed by atoms with E-state index in [0.717, 1.165) is 10.4 Å². The molecule has 0 aliphatic heterocycles. The van der Waals surface area contributed by atoms with Gasteiger partial charge in [0.05, 0.1) is 4.88 Å². The Bertz CT molecular complexity index is 280. The first-order valence-corrected chi connectivity index (χ1v) is 4.52. The molecule has 0 saturated heterocycles. The Labute approximate surface area is 75.8 Å². The average Bonchev–Trinajstić information content (AvgIpc) is 2.50. The summed E-state index contributed by atoms with van der Waals surface area (Å²) in [6.45, 7) is 0.497. The lowest BCUT2D eigenvalue weighted by atomic mass is 10.3. The maximum Gasteiger partial charge on any atom is 0.263 e. The maximum absolute atomic E-state index is 11.4. The largest absolute Gasteiger partial charge is 0.344 e. The van der Waals surface area contributed by atoms with Gasteiger partial charge >= 0.3 is 0 Å². The molecule has 0 spiro atoms. The Morgan fingerprint density at radius 3 is 2.75 bits per heavy atom. The van der Waals surface area contributed by atoms with Gasteiger partial charge in [0.1, 0.15) is 0 Å². The number of nitrogens with zero attached hydrogens (tertiary/aromatic N) is 1. The minimum absolute atomic E-state index is 0.0414. The highest BCUT2D eigenvalue weighted by Crippen LogP contribution is 2.15. The number of thiophene rings is 1. The van der Waals surface area contributed by atoms with E-state index in [4.69, 9.17) is 5.73 Å². The van der Waals surface area contributed by atoms with Crippen LogP contribution in [-0.4, -0.2) is 24.9 Å². The summed E-state index contributed by atoms with van der Waals surface area (Å²) < 4.78 is 0. The molecule has 1 aromatic rings. The fourth-order valence-corrected chi connectivity index (χ4v) is 1.76. The van der Waals surface area contributed by atoms with Crippen molar-refractivity contribution in [1.82, 2.24) is 4.90 Å². The molecule has 12 heavy (non-hydrogen) atoms. The molecule has 0 atom stereocenters. The molecule has 1 aromatic heterocycles. The van der Waals surface area contributed by atoms with Crippen molar-refractivity contribution in [3.63, 3.8) is 0 Å². The lowest BCUT2D eigenvalue weighted by Gasteiger charge is -2.06. The lowest BCUT2D eigenvalue weighted by molar-refractivity contribution is 0.0832. The monoisotopic (exact) mass is 184 g/mol. The Morgan fingerprint density at radius 2 is 2.33 bits per heavy atom. The molecule has 3 nitrogen and oxygen atoms in total. The fourth-order valence-electron chi connectivity index (χ4n) is 0.815. The van der Waals surface area contributed by atoms with E-state index in [1.165, 1.54) is 11.3 Å². The molecule has 0 unspecified atom stereocenters. The van der Waals surface area contributed by atoms with Gasteiger partial charge in [-0.25, -0.2) is 0 Å². The molecule has 0 bridgehead atoms. The van der Waals surface area contributed by atoms with Gasteiger partial charge in [-0.3, -0.25) is 4.79 Å². The number of hydrogen-bond acceptors (Lipinski definition) is 3. The third-order valence-electron chi connectivity index (χ3n) is 1.51. The average molecular weight is 184 g/mol. The van der Waals surface area contributed by atoms with Gasteiger partial charge in [0.25, 0.3) is 5.91 Å². The molecule has 0 aromatic carbocycles. The van der Waals surface area contributed by atoms with E-state index in [2.05, 4.69) is 0 Å². The SMILES string of the molecule is CN(C)C(=O)c1cc(CN)cs1. The first-order chi connectivity index (χ1) is 5.65. The highest BCUT2D eigenvalue weighted by Gasteiger charge is 2.09. The van der Waals surface area contributed by atoms with Crippen molar-refractivity contribution in [3.8, 4) is 0 Å². The van der Waals surface area contributed by atoms with Gasteiger partial charge in [-0.1, -0.05) is 0 Å². The standard InChI is InChI=1S/C8H12N2OS/c1-10(2)8(11)7-3-6(4-9)5-12-7/h3,5H,4,9H2,1-2H3. The van der Waals surface area contributed by atoms with E-state index in [1.54, 1.807) is 19.0 Å². The van der Waals surface area contributed by atoms with E-state index in [0.29, 0.717) is 6.54 Å². The van der Waals surface area contributed by atoms with E-state index in [9.17, 15) is 4.79 Å². The molecule has 0 aliphatic rings. The summed E-state index contributed by atoms with van der Waals surface area (Å²) >= 11 is 1.44. The number of carbonyl (C=O) groups is 1. The zero-order chi connectivity index (χ0) is 9.14. The van der Waals surface area contributed by atoms with Crippen molar-refractivity contribution in [3.05, 3.63) is 21.9 Å². The van der Waals surface area contributed by atoms with Crippen LogP contribution in [-0.2, 0) is 6.54 Å². The van der Waals surface area contributed by atoms with Gasteiger partial charge in [-0.05, 0) is 17.0 Å². The van der Waals surface area contributed by atoms with E-state index >= 15 is 0 Å². The minimum atomic E-state index is 0.0414.